The van der Waals surface area contributed by atoms with Crippen LogP contribution in [0.1, 0.15) is 11.1 Å². The molecule has 1 aliphatic heterocycles. The van der Waals surface area contributed by atoms with E-state index in [0.29, 0.717) is 5.82 Å². The lowest BCUT2D eigenvalue weighted by Gasteiger charge is -2.07. The molecule has 0 fully saturated rings. The van der Waals surface area contributed by atoms with E-state index in [9.17, 15) is 0 Å². The van der Waals surface area contributed by atoms with Crippen molar-refractivity contribution in [1.82, 2.24) is 9.97 Å². The molecule has 2 heterocycles. The minimum absolute atomic E-state index is 0.534. The van der Waals surface area contributed by atoms with E-state index >= 15 is 0 Å². The summed E-state index contributed by atoms with van der Waals surface area (Å²) in [6, 6.07) is 6.13. The molecule has 4 heteroatoms. The second kappa shape index (κ2) is 3.73. The molecule has 0 atom stereocenters. The van der Waals surface area contributed by atoms with Gasteiger partial charge in [-0.15, -0.1) is 0 Å². The first-order valence-electron chi connectivity index (χ1n) is 5.59. The highest BCUT2D eigenvalue weighted by atomic mass is 16.5. The van der Waals surface area contributed by atoms with Gasteiger partial charge in [0.25, 0.3) is 0 Å². The summed E-state index contributed by atoms with van der Waals surface area (Å²) >= 11 is 0. The predicted octanol–water partition coefficient (Wildman–Crippen LogP) is 1.97. The third kappa shape index (κ3) is 1.62. The summed E-state index contributed by atoms with van der Waals surface area (Å²) in [6.07, 6.45) is 2.46. The smallest absolute Gasteiger partial charge is 0.130 e. The fourth-order valence-corrected chi connectivity index (χ4v) is 2.09. The molecule has 2 aromatic rings. The van der Waals surface area contributed by atoms with Gasteiger partial charge in [0, 0.05) is 17.5 Å². The fraction of sp³-hybridized carbons (Fsp3) is 0.231. The molecule has 0 saturated carbocycles. The molecule has 0 saturated heterocycles. The minimum Gasteiger partial charge on any atom is -0.493 e. The Bertz CT molecular complexity index is 581. The average molecular weight is 227 g/mol. The van der Waals surface area contributed by atoms with Gasteiger partial charge in [-0.3, -0.25) is 0 Å². The van der Waals surface area contributed by atoms with Crippen LogP contribution in [0.4, 0.5) is 5.82 Å². The van der Waals surface area contributed by atoms with Gasteiger partial charge in [-0.05, 0) is 30.7 Å². The van der Waals surface area contributed by atoms with Gasteiger partial charge >= 0.3 is 0 Å². The van der Waals surface area contributed by atoms with Crippen molar-refractivity contribution in [3.05, 3.63) is 35.7 Å². The van der Waals surface area contributed by atoms with Crippen LogP contribution < -0.4 is 10.5 Å². The molecule has 0 spiro atoms. The van der Waals surface area contributed by atoms with E-state index in [-0.39, 0.29) is 0 Å². The van der Waals surface area contributed by atoms with Crippen molar-refractivity contribution in [1.29, 1.82) is 0 Å². The lowest BCUT2D eigenvalue weighted by Crippen LogP contribution is -1.98. The van der Waals surface area contributed by atoms with Gasteiger partial charge in [-0.25, -0.2) is 9.97 Å². The number of ether oxygens (including phenoxy) is 1. The molecular formula is C13H13N3O. The highest BCUT2D eigenvalue weighted by Gasteiger charge is 2.14. The quantitative estimate of drug-likeness (QED) is 0.809. The monoisotopic (exact) mass is 227 g/mol. The second-order valence-electron chi connectivity index (χ2n) is 4.15. The summed E-state index contributed by atoms with van der Waals surface area (Å²) in [5.74, 6) is 1.51. The number of aromatic nitrogens is 2. The summed E-state index contributed by atoms with van der Waals surface area (Å²) in [6.45, 7) is 2.71. The Kier molecular flexibility index (Phi) is 2.21. The zero-order chi connectivity index (χ0) is 11.8. The summed E-state index contributed by atoms with van der Waals surface area (Å²) < 4.78 is 5.49. The lowest BCUT2D eigenvalue weighted by atomic mass is 10.0. The van der Waals surface area contributed by atoms with E-state index in [2.05, 4.69) is 16.0 Å². The summed E-state index contributed by atoms with van der Waals surface area (Å²) in [5, 5.41) is 0. The van der Waals surface area contributed by atoms with E-state index in [0.717, 1.165) is 35.6 Å². The predicted molar refractivity (Wildman–Crippen MR) is 65.8 cm³/mol. The van der Waals surface area contributed by atoms with Crippen LogP contribution in [0.3, 0.4) is 0 Å². The number of benzene rings is 1. The Balaban J connectivity index is 2.13. The topological polar surface area (TPSA) is 61.0 Å². The summed E-state index contributed by atoms with van der Waals surface area (Å²) in [7, 11) is 0. The molecule has 0 bridgehead atoms. The van der Waals surface area contributed by atoms with Crippen LogP contribution in [0.5, 0.6) is 5.75 Å². The summed E-state index contributed by atoms with van der Waals surface area (Å²) in [4.78, 5) is 8.28. The third-order valence-corrected chi connectivity index (χ3v) is 3.09. The molecule has 1 aromatic heterocycles. The Morgan fingerprint density at radius 1 is 1.29 bits per heavy atom. The molecule has 2 N–H and O–H groups in total. The molecule has 86 valence electrons. The van der Waals surface area contributed by atoms with Gasteiger partial charge in [0.05, 0.1) is 12.3 Å². The van der Waals surface area contributed by atoms with E-state index in [1.54, 1.807) is 0 Å². The van der Waals surface area contributed by atoms with Crippen LogP contribution in [0.15, 0.2) is 24.5 Å². The minimum atomic E-state index is 0.534. The molecule has 1 aromatic carbocycles. The normalized spacial score (nSPS) is 13.2. The maximum atomic E-state index is 5.79. The number of nitrogens with zero attached hydrogens (tertiary/aromatic N) is 2. The third-order valence-electron chi connectivity index (χ3n) is 3.09. The van der Waals surface area contributed by atoms with Crippen molar-refractivity contribution in [3.8, 4) is 17.0 Å². The van der Waals surface area contributed by atoms with Crippen molar-refractivity contribution in [2.24, 2.45) is 0 Å². The Hall–Kier alpha value is -2.10. The van der Waals surface area contributed by atoms with E-state index in [1.165, 1.54) is 11.9 Å². The zero-order valence-corrected chi connectivity index (χ0v) is 9.60. The van der Waals surface area contributed by atoms with Crippen LogP contribution >= 0.6 is 0 Å². The number of fused-ring (bicyclic) bond motifs is 1. The van der Waals surface area contributed by atoms with Crippen molar-refractivity contribution < 1.29 is 4.74 Å². The van der Waals surface area contributed by atoms with Gasteiger partial charge in [-0.2, -0.15) is 0 Å². The Morgan fingerprint density at radius 3 is 3.06 bits per heavy atom. The van der Waals surface area contributed by atoms with E-state index in [1.807, 2.05) is 19.1 Å². The number of hydrogen-bond donors (Lipinski definition) is 1. The van der Waals surface area contributed by atoms with Gasteiger partial charge in [0.2, 0.25) is 0 Å². The average Bonchev–Trinajstić information content (AvgIpc) is 2.79. The van der Waals surface area contributed by atoms with Crippen LogP contribution in [-0.2, 0) is 6.42 Å². The number of rotatable bonds is 1. The van der Waals surface area contributed by atoms with E-state index in [4.69, 9.17) is 10.5 Å². The molecule has 4 nitrogen and oxygen atoms in total. The van der Waals surface area contributed by atoms with Crippen LogP contribution in [0.25, 0.3) is 11.3 Å². The van der Waals surface area contributed by atoms with Gasteiger partial charge < -0.3 is 10.5 Å². The van der Waals surface area contributed by atoms with Crippen LogP contribution in [-0.4, -0.2) is 16.6 Å². The van der Waals surface area contributed by atoms with Crippen molar-refractivity contribution in [2.45, 2.75) is 13.3 Å². The molecule has 0 aliphatic carbocycles. The number of nitrogens with two attached hydrogens (primary N) is 1. The Morgan fingerprint density at radius 2 is 2.18 bits per heavy atom. The standard InChI is InChI=1S/C13H13N3O/c1-8-12(15-7-16-13(8)14)10-2-3-11-9(6-10)4-5-17-11/h2-3,6-7H,4-5H2,1H3,(H2,14,15,16). The molecule has 0 unspecified atom stereocenters. The van der Waals surface area contributed by atoms with Gasteiger partial charge in [0.15, 0.2) is 0 Å². The molecular weight excluding hydrogens is 214 g/mol. The summed E-state index contributed by atoms with van der Waals surface area (Å²) in [5.41, 5.74) is 9.92. The molecule has 17 heavy (non-hydrogen) atoms. The Labute approximate surface area is 99.5 Å². The lowest BCUT2D eigenvalue weighted by molar-refractivity contribution is 0.357. The maximum absolute atomic E-state index is 5.79. The fourth-order valence-electron chi connectivity index (χ4n) is 2.09. The van der Waals surface area contributed by atoms with Gasteiger partial charge in [-0.1, -0.05) is 0 Å². The molecule has 0 amide bonds. The first-order valence-corrected chi connectivity index (χ1v) is 5.59. The van der Waals surface area contributed by atoms with Crippen molar-refractivity contribution >= 4 is 5.82 Å². The highest BCUT2D eigenvalue weighted by molar-refractivity contribution is 5.68. The largest absolute Gasteiger partial charge is 0.493 e. The zero-order valence-electron chi connectivity index (χ0n) is 9.60. The number of nitrogen functional groups attached to an aromatic ring is 1. The second-order valence-corrected chi connectivity index (χ2v) is 4.15. The molecule has 0 radical (unpaired) electrons. The van der Waals surface area contributed by atoms with Crippen LogP contribution in [0.2, 0.25) is 0 Å². The maximum Gasteiger partial charge on any atom is 0.130 e. The first kappa shape index (κ1) is 10.1. The number of hydrogen-bond acceptors (Lipinski definition) is 4. The molecule has 1 aliphatic rings. The first-order chi connectivity index (χ1) is 8.25. The molecule has 3 rings (SSSR count). The van der Waals surface area contributed by atoms with Gasteiger partial charge in [0.1, 0.15) is 17.9 Å². The van der Waals surface area contributed by atoms with Crippen molar-refractivity contribution in [3.63, 3.8) is 0 Å². The van der Waals surface area contributed by atoms with Crippen molar-refractivity contribution in [2.75, 3.05) is 12.3 Å². The SMILES string of the molecule is Cc1c(N)ncnc1-c1ccc2c(c1)CCO2. The highest BCUT2D eigenvalue weighted by Crippen LogP contribution is 2.31. The van der Waals surface area contributed by atoms with E-state index < -0.39 is 0 Å². The number of anilines is 1. The van der Waals surface area contributed by atoms with Crippen LogP contribution in [0, 0.1) is 6.92 Å².